The third-order valence-corrected chi connectivity index (χ3v) is 3.04. The highest BCUT2D eigenvalue weighted by atomic mass is 35.5. The zero-order chi connectivity index (χ0) is 13.1. The van der Waals surface area contributed by atoms with Gasteiger partial charge in [-0.05, 0) is 37.5 Å². The molecule has 2 rings (SSSR count). The van der Waals surface area contributed by atoms with E-state index in [1.54, 1.807) is 12.1 Å². The second-order valence-electron chi connectivity index (χ2n) is 4.46. The van der Waals surface area contributed by atoms with Crippen LogP contribution in [0.4, 0.5) is 5.69 Å². The Bertz CT molecular complexity index is 484. The van der Waals surface area contributed by atoms with Crippen LogP contribution < -0.4 is 10.6 Å². The molecule has 2 N–H and O–H groups in total. The number of rotatable bonds is 4. The minimum Gasteiger partial charge on any atom is -0.349 e. The van der Waals surface area contributed by atoms with Gasteiger partial charge in [0.1, 0.15) is 5.88 Å². The molecule has 1 fully saturated rings. The highest BCUT2D eigenvalue weighted by Gasteiger charge is 2.24. The minimum absolute atomic E-state index is 0.0861. The molecular weight excluding hydrogens is 252 g/mol. The fourth-order valence-electron chi connectivity index (χ4n) is 1.63. The van der Waals surface area contributed by atoms with Crippen molar-refractivity contribution < 1.29 is 9.59 Å². The van der Waals surface area contributed by atoms with Crippen molar-refractivity contribution in [3.63, 3.8) is 0 Å². The maximum absolute atomic E-state index is 12.0. The van der Waals surface area contributed by atoms with Crippen LogP contribution >= 0.6 is 11.6 Å². The summed E-state index contributed by atoms with van der Waals surface area (Å²) in [5, 5.41) is 5.56. The summed E-state index contributed by atoms with van der Waals surface area (Å²) in [5.41, 5.74) is 2.07. The normalized spacial score (nSPS) is 14.1. The van der Waals surface area contributed by atoms with E-state index >= 15 is 0 Å². The van der Waals surface area contributed by atoms with Crippen molar-refractivity contribution >= 4 is 29.1 Å². The van der Waals surface area contributed by atoms with Gasteiger partial charge in [-0.2, -0.15) is 0 Å². The van der Waals surface area contributed by atoms with Gasteiger partial charge in [-0.3, -0.25) is 9.59 Å². The highest BCUT2D eigenvalue weighted by Crippen LogP contribution is 2.21. The molecule has 0 unspecified atom stereocenters. The zero-order valence-electron chi connectivity index (χ0n) is 10.1. The van der Waals surface area contributed by atoms with Crippen molar-refractivity contribution in [2.45, 2.75) is 25.8 Å². The average Bonchev–Trinajstić information content (AvgIpc) is 3.15. The number of aryl methyl sites for hydroxylation is 1. The lowest BCUT2D eigenvalue weighted by Crippen LogP contribution is -2.26. The summed E-state index contributed by atoms with van der Waals surface area (Å²) < 4.78 is 0. The van der Waals surface area contributed by atoms with Crippen molar-refractivity contribution in [1.29, 1.82) is 0 Å². The summed E-state index contributed by atoms with van der Waals surface area (Å²) in [4.78, 5) is 23.2. The fraction of sp³-hybridized carbons (Fsp3) is 0.385. The van der Waals surface area contributed by atoms with Crippen LogP contribution in [0.3, 0.4) is 0 Å². The van der Waals surface area contributed by atoms with E-state index in [1.165, 1.54) is 0 Å². The second kappa shape index (κ2) is 5.40. The SMILES string of the molecule is Cc1ccc(NC(=O)CCl)cc1C(=O)NC1CC1. The third-order valence-electron chi connectivity index (χ3n) is 2.80. The van der Waals surface area contributed by atoms with E-state index in [0.717, 1.165) is 18.4 Å². The van der Waals surface area contributed by atoms with Crippen molar-refractivity contribution in [2.75, 3.05) is 11.2 Å². The van der Waals surface area contributed by atoms with E-state index in [2.05, 4.69) is 10.6 Å². The molecule has 0 aliphatic heterocycles. The van der Waals surface area contributed by atoms with Gasteiger partial charge < -0.3 is 10.6 Å². The first-order valence-electron chi connectivity index (χ1n) is 5.87. The minimum atomic E-state index is -0.283. The van der Waals surface area contributed by atoms with Crippen LogP contribution in [0.1, 0.15) is 28.8 Å². The Balaban J connectivity index is 2.14. The summed E-state index contributed by atoms with van der Waals surface area (Å²) in [5.74, 6) is -0.469. The smallest absolute Gasteiger partial charge is 0.251 e. The van der Waals surface area contributed by atoms with Crippen LogP contribution in [0.25, 0.3) is 0 Å². The molecule has 1 saturated carbocycles. The summed E-state index contributed by atoms with van der Waals surface area (Å²) in [6, 6.07) is 5.56. The number of alkyl halides is 1. The largest absolute Gasteiger partial charge is 0.349 e. The Kier molecular flexibility index (Phi) is 3.87. The lowest BCUT2D eigenvalue weighted by molar-refractivity contribution is -0.113. The molecule has 1 aliphatic rings. The van der Waals surface area contributed by atoms with Crippen LogP contribution in [-0.2, 0) is 4.79 Å². The van der Waals surface area contributed by atoms with Crippen molar-refractivity contribution in [3.8, 4) is 0 Å². The Morgan fingerprint density at radius 3 is 2.72 bits per heavy atom. The topological polar surface area (TPSA) is 58.2 Å². The van der Waals surface area contributed by atoms with Crippen LogP contribution in [0.15, 0.2) is 18.2 Å². The predicted octanol–water partition coefficient (Wildman–Crippen LogP) is 2.06. The molecule has 1 aliphatic carbocycles. The standard InChI is InChI=1S/C13H15ClN2O2/c1-8-2-3-10(15-12(17)7-14)6-11(8)13(18)16-9-4-5-9/h2-3,6,9H,4-5,7H2,1H3,(H,15,17)(H,16,18). The van der Waals surface area contributed by atoms with Crippen LogP contribution in [-0.4, -0.2) is 23.7 Å². The number of halogens is 1. The number of hydrogen-bond acceptors (Lipinski definition) is 2. The predicted molar refractivity (Wildman–Crippen MR) is 71.0 cm³/mol. The molecule has 0 aromatic heterocycles. The molecule has 2 amide bonds. The lowest BCUT2D eigenvalue weighted by atomic mass is 10.1. The van der Waals surface area contributed by atoms with E-state index in [-0.39, 0.29) is 17.7 Å². The Morgan fingerprint density at radius 2 is 2.11 bits per heavy atom. The molecule has 0 atom stereocenters. The number of nitrogens with one attached hydrogen (secondary N) is 2. The monoisotopic (exact) mass is 266 g/mol. The van der Waals surface area contributed by atoms with Crippen molar-refractivity contribution in [3.05, 3.63) is 29.3 Å². The number of hydrogen-bond donors (Lipinski definition) is 2. The molecular formula is C13H15ClN2O2. The van der Waals surface area contributed by atoms with Gasteiger partial charge in [0, 0.05) is 17.3 Å². The van der Waals surface area contributed by atoms with Crippen LogP contribution in [0.2, 0.25) is 0 Å². The molecule has 0 spiro atoms. The molecule has 0 radical (unpaired) electrons. The van der Waals surface area contributed by atoms with Gasteiger partial charge in [0.05, 0.1) is 0 Å². The Hall–Kier alpha value is -1.55. The number of carbonyl (C=O) groups is 2. The van der Waals surface area contributed by atoms with Gasteiger partial charge in [-0.1, -0.05) is 6.07 Å². The fourth-order valence-corrected chi connectivity index (χ4v) is 1.70. The van der Waals surface area contributed by atoms with E-state index in [9.17, 15) is 9.59 Å². The van der Waals surface area contributed by atoms with Crippen LogP contribution in [0, 0.1) is 6.92 Å². The van der Waals surface area contributed by atoms with E-state index in [0.29, 0.717) is 17.3 Å². The number of benzene rings is 1. The van der Waals surface area contributed by atoms with Crippen LogP contribution in [0.5, 0.6) is 0 Å². The van der Waals surface area contributed by atoms with Gasteiger partial charge in [0.25, 0.3) is 5.91 Å². The van der Waals surface area contributed by atoms with Gasteiger partial charge in [0.15, 0.2) is 0 Å². The number of amides is 2. The molecule has 96 valence electrons. The summed E-state index contributed by atoms with van der Waals surface area (Å²) in [6.45, 7) is 1.87. The van der Waals surface area contributed by atoms with Gasteiger partial charge >= 0.3 is 0 Å². The molecule has 5 heteroatoms. The maximum Gasteiger partial charge on any atom is 0.251 e. The van der Waals surface area contributed by atoms with E-state index in [1.807, 2.05) is 13.0 Å². The average molecular weight is 267 g/mol. The van der Waals surface area contributed by atoms with Crippen molar-refractivity contribution in [1.82, 2.24) is 5.32 Å². The van der Waals surface area contributed by atoms with Crippen molar-refractivity contribution in [2.24, 2.45) is 0 Å². The molecule has 4 nitrogen and oxygen atoms in total. The molecule has 1 aromatic carbocycles. The van der Waals surface area contributed by atoms with Gasteiger partial charge in [-0.15, -0.1) is 11.6 Å². The third kappa shape index (κ3) is 3.23. The Labute approximate surface area is 111 Å². The maximum atomic E-state index is 12.0. The summed E-state index contributed by atoms with van der Waals surface area (Å²) >= 11 is 5.42. The molecule has 0 bridgehead atoms. The number of anilines is 1. The quantitative estimate of drug-likeness (QED) is 0.820. The van der Waals surface area contributed by atoms with E-state index < -0.39 is 0 Å². The summed E-state index contributed by atoms with van der Waals surface area (Å²) in [6.07, 6.45) is 2.10. The first-order valence-corrected chi connectivity index (χ1v) is 6.41. The second-order valence-corrected chi connectivity index (χ2v) is 4.73. The van der Waals surface area contributed by atoms with Gasteiger partial charge in [0.2, 0.25) is 5.91 Å². The first-order chi connectivity index (χ1) is 8.60. The van der Waals surface area contributed by atoms with Gasteiger partial charge in [-0.25, -0.2) is 0 Å². The number of carbonyl (C=O) groups excluding carboxylic acids is 2. The first kappa shape index (κ1) is 12.9. The molecule has 18 heavy (non-hydrogen) atoms. The summed E-state index contributed by atoms with van der Waals surface area (Å²) in [7, 11) is 0. The molecule has 0 saturated heterocycles. The Morgan fingerprint density at radius 1 is 1.39 bits per heavy atom. The highest BCUT2D eigenvalue weighted by molar-refractivity contribution is 6.29. The lowest BCUT2D eigenvalue weighted by Gasteiger charge is -2.09. The molecule has 0 heterocycles. The molecule has 1 aromatic rings. The zero-order valence-corrected chi connectivity index (χ0v) is 10.9. The van der Waals surface area contributed by atoms with E-state index in [4.69, 9.17) is 11.6 Å².